The molecule has 1 saturated heterocycles. The zero-order chi connectivity index (χ0) is 19.1. The maximum Gasteiger partial charge on any atom is 0.285 e. The highest BCUT2D eigenvalue weighted by Crippen LogP contribution is 2.41. The monoisotopic (exact) mass is 382 g/mol. The lowest BCUT2D eigenvalue weighted by molar-refractivity contribution is 0.0945. The summed E-state index contributed by atoms with van der Waals surface area (Å²) in [5, 5.41) is 2.79. The van der Waals surface area contributed by atoms with Crippen molar-refractivity contribution in [3.63, 3.8) is 0 Å². The second-order valence-corrected chi connectivity index (χ2v) is 9.56. The standard InChI is InChI=1S/C17H26N4O4S/c1-4-12(2)9-18-14(22)13-10-20-7-5-17(16(20)19-15(13)23)6-8-21(11-17)26(3,24)25/h10,12H,4-9,11H2,1-3H3,(H,18,22)/t12-,17-/m1/s1. The molecule has 0 saturated carbocycles. The van der Waals surface area contributed by atoms with Gasteiger partial charge in [0.2, 0.25) is 10.0 Å². The highest BCUT2D eigenvalue weighted by atomic mass is 32.2. The van der Waals surface area contributed by atoms with Gasteiger partial charge in [-0.25, -0.2) is 12.7 Å². The van der Waals surface area contributed by atoms with Gasteiger partial charge in [0.05, 0.1) is 6.26 Å². The molecule has 1 aromatic rings. The SMILES string of the molecule is CC[C@@H](C)CNC(=O)c1cn2c(nc1=O)[C@@]1(CCN(S(C)(=O)=O)C1)CC2. The van der Waals surface area contributed by atoms with Gasteiger partial charge in [-0.15, -0.1) is 0 Å². The molecule has 9 heteroatoms. The number of hydrogen-bond donors (Lipinski definition) is 1. The number of aromatic nitrogens is 2. The first-order valence-electron chi connectivity index (χ1n) is 9.01. The third-order valence-corrected chi connectivity index (χ3v) is 6.89. The Bertz CT molecular complexity index is 879. The fraction of sp³-hybridized carbons (Fsp3) is 0.706. The quantitative estimate of drug-likeness (QED) is 0.791. The fourth-order valence-corrected chi connectivity index (χ4v) is 4.60. The number of nitrogens with one attached hydrogen (secondary N) is 1. The smallest absolute Gasteiger partial charge is 0.285 e. The molecule has 2 aliphatic heterocycles. The molecule has 1 fully saturated rings. The molecule has 3 heterocycles. The number of nitrogens with zero attached hydrogens (tertiary/aromatic N) is 3. The number of hydrogen-bond acceptors (Lipinski definition) is 5. The first-order chi connectivity index (χ1) is 12.2. The number of rotatable bonds is 5. The van der Waals surface area contributed by atoms with Crippen LogP contribution >= 0.6 is 0 Å². The summed E-state index contributed by atoms with van der Waals surface area (Å²) in [7, 11) is -3.26. The second-order valence-electron chi connectivity index (χ2n) is 7.58. The van der Waals surface area contributed by atoms with Crippen molar-refractivity contribution in [2.45, 2.75) is 45.1 Å². The maximum absolute atomic E-state index is 12.4. The summed E-state index contributed by atoms with van der Waals surface area (Å²) in [6.07, 6.45) is 5.09. The van der Waals surface area contributed by atoms with Crippen molar-refractivity contribution in [3.8, 4) is 0 Å². The van der Waals surface area contributed by atoms with E-state index in [0.29, 0.717) is 44.3 Å². The van der Waals surface area contributed by atoms with E-state index >= 15 is 0 Å². The first-order valence-corrected chi connectivity index (χ1v) is 10.9. The largest absolute Gasteiger partial charge is 0.352 e. The Morgan fingerprint density at radius 3 is 2.69 bits per heavy atom. The lowest BCUT2D eigenvalue weighted by Crippen LogP contribution is -2.37. The average Bonchev–Trinajstić information content (AvgIpc) is 3.17. The van der Waals surface area contributed by atoms with E-state index in [-0.39, 0.29) is 5.56 Å². The van der Waals surface area contributed by atoms with Crippen LogP contribution in [0.5, 0.6) is 0 Å². The molecule has 26 heavy (non-hydrogen) atoms. The van der Waals surface area contributed by atoms with Gasteiger partial charge in [0.25, 0.3) is 11.5 Å². The molecule has 1 spiro atoms. The number of aryl methyl sites for hydroxylation is 1. The molecule has 0 aliphatic carbocycles. The average molecular weight is 382 g/mol. The molecule has 0 radical (unpaired) electrons. The van der Waals surface area contributed by atoms with E-state index in [1.807, 2.05) is 18.4 Å². The van der Waals surface area contributed by atoms with Crippen molar-refractivity contribution in [1.82, 2.24) is 19.2 Å². The van der Waals surface area contributed by atoms with Crippen molar-refractivity contribution in [2.24, 2.45) is 5.92 Å². The maximum atomic E-state index is 12.4. The number of amides is 1. The molecular weight excluding hydrogens is 356 g/mol. The van der Waals surface area contributed by atoms with Gasteiger partial charge in [-0.05, 0) is 18.8 Å². The van der Waals surface area contributed by atoms with Gasteiger partial charge in [0.1, 0.15) is 11.4 Å². The molecule has 1 aromatic heterocycles. The zero-order valence-corrected chi connectivity index (χ0v) is 16.3. The topological polar surface area (TPSA) is 101 Å². The molecule has 0 aromatic carbocycles. The lowest BCUT2D eigenvalue weighted by atomic mass is 9.85. The number of carbonyl (C=O) groups is 1. The third-order valence-electron chi connectivity index (χ3n) is 5.64. The van der Waals surface area contributed by atoms with Crippen molar-refractivity contribution in [3.05, 3.63) is 27.9 Å². The van der Waals surface area contributed by atoms with Gasteiger partial charge in [0.15, 0.2) is 0 Å². The molecule has 2 aliphatic rings. The van der Waals surface area contributed by atoms with Gasteiger partial charge < -0.3 is 9.88 Å². The number of fused-ring (bicyclic) bond motifs is 2. The van der Waals surface area contributed by atoms with Crippen LogP contribution in [0.1, 0.15) is 49.3 Å². The highest BCUT2D eigenvalue weighted by molar-refractivity contribution is 7.88. The van der Waals surface area contributed by atoms with E-state index in [9.17, 15) is 18.0 Å². The summed E-state index contributed by atoms with van der Waals surface area (Å²) in [5.41, 5.74) is -0.919. The molecule has 144 valence electrons. The van der Waals surface area contributed by atoms with Crippen LogP contribution in [0.2, 0.25) is 0 Å². The number of carbonyl (C=O) groups excluding carboxylic acids is 1. The lowest BCUT2D eigenvalue weighted by Gasteiger charge is -2.22. The van der Waals surface area contributed by atoms with Crippen LogP contribution in [0, 0.1) is 5.92 Å². The zero-order valence-electron chi connectivity index (χ0n) is 15.5. The molecule has 2 atom stereocenters. The predicted molar refractivity (Wildman–Crippen MR) is 97.6 cm³/mol. The molecule has 1 N–H and O–H groups in total. The summed E-state index contributed by atoms with van der Waals surface area (Å²) in [4.78, 5) is 29.0. The van der Waals surface area contributed by atoms with Gasteiger partial charge in [-0.1, -0.05) is 20.3 Å². The van der Waals surface area contributed by atoms with Crippen molar-refractivity contribution >= 4 is 15.9 Å². The molecule has 1 amide bonds. The van der Waals surface area contributed by atoms with Gasteiger partial charge in [0, 0.05) is 37.8 Å². The van der Waals surface area contributed by atoms with Crippen LogP contribution in [0.15, 0.2) is 11.0 Å². The van der Waals surface area contributed by atoms with Crippen LogP contribution < -0.4 is 10.9 Å². The van der Waals surface area contributed by atoms with E-state index in [1.165, 1.54) is 10.6 Å². The van der Waals surface area contributed by atoms with Crippen molar-refractivity contribution in [2.75, 3.05) is 25.9 Å². The van der Waals surface area contributed by atoms with Crippen LogP contribution in [-0.2, 0) is 22.0 Å². The van der Waals surface area contributed by atoms with E-state index in [2.05, 4.69) is 10.3 Å². The van der Waals surface area contributed by atoms with Crippen LogP contribution in [0.3, 0.4) is 0 Å². The molecule has 3 rings (SSSR count). The first kappa shape index (κ1) is 19.0. The van der Waals surface area contributed by atoms with Gasteiger partial charge >= 0.3 is 0 Å². The minimum atomic E-state index is -3.26. The summed E-state index contributed by atoms with van der Waals surface area (Å²) in [5.74, 6) is 0.545. The van der Waals surface area contributed by atoms with E-state index in [4.69, 9.17) is 0 Å². The summed E-state index contributed by atoms with van der Waals surface area (Å²) in [6.45, 7) is 6.01. The fourth-order valence-electron chi connectivity index (χ4n) is 3.70. The van der Waals surface area contributed by atoms with Crippen LogP contribution in [0.25, 0.3) is 0 Å². The summed E-state index contributed by atoms with van der Waals surface area (Å²) in [6, 6.07) is 0. The molecular formula is C17H26N4O4S. The molecule has 8 nitrogen and oxygen atoms in total. The van der Waals surface area contributed by atoms with Crippen molar-refractivity contribution in [1.29, 1.82) is 0 Å². The van der Waals surface area contributed by atoms with Crippen LogP contribution in [-0.4, -0.2) is 54.1 Å². The molecule has 0 unspecified atom stereocenters. The van der Waals surface area contributed by atoms with E-state index in [1.54, 1.807) is 6.20 Å². The Hall–Kier alpha value is -1.74. The summed E-state index contributed by atoms with van der Waals surface area (Å²) >= 11 is 0. The predicted octanol–water partition coefficient (Wildman–Crippen LogP) is 0.326. The van der Waals surface area contributed by atoms with Gasteiger partial charge in [-0.3, -0.25) is 9.59 Å². The van der Waals surface area contributed by atoms with Crippen molar-refractivity contribution < 1.29 is 13.2 Å². The normalized spacial score (nSPS) is 24.0. The Labute approximate surface area is 153 Å². The van der Waals surface area contributed by atoms with Crippen LogP contribution in [0.4, 0.5) is 0 Å². The van der Waals surface area contributed by atoms with E-state index in [0.717, 1.165) is 12.8 Å². The number of sulfonamides is 1. The minimum absolute atomic E-state index is 0.0482. The highest BCUT2D eigenvalue weighted by Gasteiger charge is 2.48. The Morgan fingerprint density at radius 1 is 1.38 bits per heavy atom. The Kier molecular flexibility index (Phi) is 4.96. The minimum Gasteiger partial charge on any atom is -0.352 e. The summed E-state index contributed by atoms with van der Waals surface area (Å²) < 4.78 is 26.9. The molecule has 0 bridgehead atoms. The third kappa shape index (κ3) is 3.42. The Morgan fingerprint density at radius 2 is 2.08 bits per heavy atom. The Balaban J connectivity index is 1.85. The van der Waals surface area contributed by atoms with E-state index < -0.39 is 26.9 Å². The second kappa shape index (κ2) is 6.77. The van der Waals surface area contributed by atoms with Gasteiger partial charge in [-0.2, -0.15) is 4.98 Å².